The van der Waals surface area contributed by atoms with Crippen molar-refractivity contribution < 1.29 is 44.6 Å². The van der Waals surface area contributed by atoms with Crippen LogP contribution >= 0.6 is 0 Å². The Hall–Kier alpha value is -0.510. The van der Waals surface area contributed by atoms with Gasteiger partial charge in [0.05, 0.1) is 0 Å². The van der Waals surface area contributed by atoms with Crippen LogP contribution in [0.5, 0.6) is 5.75 Å². The van der Waals surface area contributed by atoms with E-state index < -0.39 is 5.97 Å². The molecule has 0 aliphatic carbocycles. The van der Waals surface area contributed by atoms with Crippen LogP contribution in [0.4, 0.5) is 0 Å². The van der Waals surface area contributed by atoms with Gasteiger partial charge in [-0.15, -0.1) is 0 Å². The number of aromatic hydroxyl groups is 1. The van der Waals surface area contributed by atoms with E-state index >= 15 is 0 Å². The van der Waals surface area contributed by atoms with Crippen molar-refractivity contribution in [3.05, 3.63) is 36.8 Å². The van der Waals surface area contributed by atoms with Crippen LogP contribution in [0.1, 0.15) is 17.3 Å². The Morgan fingerprint density at radius 3 is 2.08 bits per heavy atom. The van der Waals surface area contributed by atoms with Gasteiger partial charge in [-0.3, -0.25) is 0 Å². The van der Waals surface area contributed by atoms with Crippen LogP contribution in [-0.4, -0.2) is 16.2 Å². The zero-order valence-corrected chi connectivity index (χ0v) is 9.82. The molecular formula is C9H11NaO3. The summed E-state index contributed by atoms with van der Waals surface area (Å²) in [7, 11) is 0. The average molecular weight is 190 g/mol. The molecule has 0 amide bonds. The third kappa shape index (κ3) is 4.93. The Kier molecular flexibility index (Phi) is 9.34. The van der Waals surface area contributed by atoms with Crippen molar-refractivity contribution in [2.24, 2.45) is 0 Å². The number of phenols is 1. The molecule has 0 aromatic heterocycles. The van der Waals surface area contributed by atoms with Crippen molar-refractivity contribution in [1.29, 1.82) is 0 Å². The van der Waals surface area contributed by atoms with Crippen molar-refractivity contribution in [3.63, 3.8) is 0 Å². The van der Waals surface area contributed by atoms with E-state index in [9.17, 15) is 4.79 Å². The number of aromatic carboxylic acids is 1. The number of para-hydroxylation sites is 1. The summed E-state index contributed by atoms with van der Waals surface area (Å²) in [6.07, 6.45) is 0. The first-order valence-corrected chi connectivity index (χ1v) is 3.44. The minimum absolute atomic E-state index is 0. The fourth-order valence-corrected chi connectivity index (χ4v) is 0.654. The molecular weight excluding hydrogens is 179 g/mol. The first-order chi connectivity index (χ1) is 5.72. The Morgan fingerprint density at radius 1 is 1.31 bits per heavy atom. The van der Waals surface area contributed by atoms with E-state index in [0.717, 1.165) is 0 Å². The van der Waals surface area contributed by atoms with E-state index in [1.54, 1.807) is 19.1 Å². The van der Waals surface area contributed by atoms with E-state index in [1.165, 1.54) is 12.1 Å². The molecule has 0 saturated heterocycles. The van der Waals surface area contributed by atoms with Crippen LogP contribution in [0.15, 0.2) is 24.3 Å². The molecule has 66 valence electrons. The van der Waals surface area contributed by atoms with E-state index in [2.05, 4.69) is 6.92 Å². The summed E-state index contributed by atoms with van der Waals surface area (Å²) in [5.41, 5.74) is -0.0671. The third-order valence-corrected chi connectivity index (χ3v) is 1.13. The van der Waals surface area contributed by atoms with Gasteiger partial charge in [-0.1, -0.05) is 12.1 Å². The van der Waals surface area contributed by atoms with Crippen LogP contribution in [0, 0.1) is 6.92 Å². The van der Waals surface area contributed by atoms with Crippen LogP contribution in [0.2, 0.25) is 0 Å². The van der Waals surface area contributed by atoms with Gasteiger partial charge in [-0.2, -0.15) is 6.92 Å². The quantitative estimate of drug-likeness (QED) is 0.438. The molecule has 0 bridgehead atoms. The van der Waals surface area contributed by atoms with Gasteiger partial charge in [-0.05, 0) is 12.1 Å². The molecule has 1 aromatic carbocycles. The second-order valence-corrected chi connectivity index (χ2v) is 1.82. The van der Waals surface area contributed by atoms with Crippen molar-refractivity contribution in [3.8, 4) is 5.75 Å². The predicted molar refractivity (Wildman–Crippen MR) is 46.1 cm³/mol. The van der Waals surface area contributed by atoms with Gasteiger partial charge in [-0.25, -0.2) is 4.79 Å². The van der Waals surface area contributed by atoms with Crippen LogP contribution in [0.25, 0.3) is 0 Å². The zero-order chi connectivity index (χ0) is 9.56. The monoisotopic (exact) mass is 190 g/mol. The van der Waals surface area contributed by atoms with Crippen molar-refractivity contribution in [1.82, 2.24) is 0 Å². The number of hydrogen-bond acceptors (Lipinski definition) is 2. The Labute approximate surface area is 99.7 Å². The fraction of sp³-hybridized carbons (Fsp3) is 0.111. The molecule has 3 nitrogen and oxygen atoms in total. The maximum Gasteiger partial charge on any atom is 1.00 e. The normalized spacial score (nSPS) is 7.54. The molecule has 13 heavy (non-hydrogen) atoms. The number of hydrogen-bond donors (Lipinski definition) is 2. The molecule has 0 fully saturated rings. The second-order valence-electron chi connectivity index (χ2n) is 1.82. The van der Waals surface area contributed by atoms with Crippen LogP contribution < -0.4 is 29.6 Å². The summed E-state index contributed by atoms with van der Waals surface area (Å²) >= 11 is 0. The molecule has 1 aromatic rings. The minimum atomic E-state index is -1.11. The van der Waals surface area contributed by atoms with Crippen molar-refractivity contribution in [2.75, 3.05) is 0 Å². The van der Waals surface area contributed by atoms with Gasteiger partial charge < -0.3 is 17.1 Å². The standard InChI is InChI=1S/C7H6O3.C2H5.Na/c8-6-4-2-1-3-5(6)7(9)10;1-2;/h1-4,8H,(H,9,10);1H2,2H3;/q;-1;+1. The molecule has 0 saturated carbocycles. The van der Waals surface area contributed by atoms with Gasteiger partial charge in [0.25, 0.3) is 0 Å². The Balaban J connectivity index is 0. The molecule has 0 aliphatic heterocycles. The molecule has 0 unspecified atom stereocenters. The minimum Gasteiger partial charge on any atom is -0.507 e. The number of benzene rings is 1. The molecule has 2 N–H and O–H groups in total. The van der Waals surface area contributed by atoms with Gasteiger partial charge >= 0.3 is 35.5 Å². The molecule has 0 aliphatic rings. The summed E-state index contributed by atoms with van der Waals surface area (Å²) < 4.78 is 0. The summed E-state index contributed by atoms with van der Waals surface area (Å²) in [5.74, 6) is -1.31. The Morgan fingerprint density at radius 2 is 1.77 bits per heavy atom. The van der Waals surface area contributed by atoms with Gasteiger partial charge in [0.15, 0.2) is 0 Å². The first-order valence-electron chi connectivity index (χ1n) is 3.44. The van der Waals surface area contributed by atoms with E-state index in [-0.39, 0.29) is 40.9 Å². The number of carboxylic acid groups (broad SMARTS) is 1. The summed E-state index contributed by atoms with van der Waals surface area (Å²) in [5, 5.41) is 17.3. The largest absolute Gasteiger partial charge is 1.00 e. The Bertz CT molecular complexity index is 261. The summed E-state index contributed by atoms with van der Waals surface area (Å²) in [6.45, 7) is 5.00. The van der Waals surface area contributed by atoms with Crippen molar-refractivity contribution >= 4 is 5.97 Å². The molecule has 1 rings (SSSR count). The van der Waals surface area contributed by atoms with Crippen molar-refractivity contribution in [2.45, 2.75) is 6.92 Å². The van der Waals surface area contributed by atoms with Crippen LogP contribution in [-0.2, 0) is 0 Å². The number of carboxylic acids is 1. The zero-order valence-electron chi connectivity index (χ0n) is 7.82. The predicted octanol–water partition coefficient (Wildman–Crippen LogP) is -1.07. The smallest absolute Gasteiger partial charge is 0.507 e. The van der Waals surface area contributed by atoms with Gasteiger partial charge in [0, 0.05) is 0 Å². The van der Waals surface area contributed by atoms with Gasteiger partial charge in [0.1, 0.15) is 11.3 Å². The second kappa shape index (κ2) is 8.10. The fourth-order valence-electron chi connectivity index (χ4n) is 0.654. The average Bonchev–Trinajstić information content (AvgIpc) is 2.08. The maximum absolute atomic E-state index is 10.3. The summed E-state index contributed by atoms with van der Waals surface area (Å²) in [4.78, 5) is 10.3. The molecule has 0 radical (unpaired) electrons. The third-order valence-electron chi connectivity index (χ3n) is 1.13. The van der Waals surface area contributed by atoms with Crippen LogP contribution in [0.3, 0.4) is 0 Å². The first kappa shape index (κ1) is 15.0. The number of carbonyl (C=O) groups is 1. The molecule has 4 heteroatoms. The topological polar surface area (TPSA) is 57.5 Å². The SMILES string of the molecule is O=C(O)c1ccccc1O.[CH2-]C.[Na+]. The molecule has 0 heterocycles. The van der Waals surface area contributed by atoms with E-state index in [4.69, 9.17) is 10.2 Å². The van der Waals surface area contributed by atoms with Gasteiger partial charge in [0.2, 0.25) is 0 Å². The summed E-state index contributed by atoms with van der Waals surface area (Å²) in [6, 6.07) is 5.81. The maximum atomic E-state index is 10.3. The van der Waals surface area contributed by atoms with E-state index in [0.29, 0.717) is 0 Å². The van der Waals surface area contributed by atoms with E-state index in [1.807, 2.05) is 0 Å². The molecule has 0 spiro atoms. The molecule has 0 atom stereocenters. The number of rotatable bonds is 1.